The van der Waals surface area contributed by atoms with Gasteiger partial charge in [0.2, 0.25) is 5.91 Å². The van der Waals surface area contributed by atoms with Crippen LogP contribution in [0.1, 0.15) is 45.4 Å². The number of likely N-dealkylation sites (tertiary alicyclic amines) is 1. The molecule has 1 atom stereocenters. The highest BCUT2D eigenvalue weighted by Crippen LogP contribution is 2.23. The molecule has 2 heterocycles. The Balaban J connectivity index is 0.000000563. The molecule has 2 aliphatic heterocycles. The van der Waals surface area contributed by atoms with Crippen LogP contribution in [-0.4, -0.2) is 56.9 Å². The number of nitrogens with one attached hydrogen (secondary N) is 1. The lowest BCUT2D eigenvalue weighted by molar-refractivity contribution is -0.136. The van der Waals surface area contributed by atoms with E-state index in [1.165, 1.54) is 33.4 Å². The van der Waals surface area contributed by atoms with Crippen LogP contribution in [0.5, 0.6) is 0 Å². The van der Waals surface area contributed by atoms with Crippen LogP contribution in [0.25, 0.3) is 0 Å². The SMILES string of the molecule is C=C.CC1CCCCN1C(=O)CC1CCOCC1.CNC(=O)OC. The van der Waals surface area contributed by atoms with Gasteiger partial charge in [-0.05, 0) is 44.9 Å². The van der Waals surface area contributed by atoms with Crippen molar-refractivity contribution < 1.29 is 19.1 Å². The number of hydrogen-bond acceptors (Lipinski definition) is 4. The second-order valence-electron chi connectivity index (χ2n) is 5.93. The molecule has 2 amide bonds. The van der Waals surface area contributed by atoms with Crippen molar-refractivity contribution in [1.29, 1.82) is 0 Å². The zero-order chi connectivity index (χ0) is 18.4. The minimum absolute atomic E-state index is 0.374. The van der Waals surface area contributed by atoms with Crippen LogP contribution in [0.4, 0.5) is 4.79 Å². The van der Waals surface area contributed by atoms with Crippen molar-refractivity contribution in [1.82, 2.24) is 10.2 Å². The molecule has 0 aromatic rings. The number of carbonyl (C=O) groups excluding carboxylic acids is 2. The standard InChI is InChI=1S/C13H23NO2.C3H7NO2.C2H4/c1-11-4-2-3-7-14(11)13(15)10-12-5-8-16-9-6-12;1-4-3(5)6-2;1-2/h11-12H,2-10H2,1H3;1-2H3,(H,4,5);1-2H2. The third-order valence-electron chi connectivity index (χ3n) is 4.32. The molecule has 2 aliphatic rings. The van der Waals surface area contributed by atoms with E-state index in [9.17, 15) is 9.59 Å². The van der Waals surface area contributed by atoms with E-state index in [4.69, 9.17) is 4.74 Å². The fourth-order valence-corrected chi connectivity index (χ4v) is 2.89. The molecule has 1 unspecified atom stereocenters. The lowest BCUT2D eigenvalue weighted by atomic mass is 9.94. The van der Waals surface area contributed by atoms with Crippen LogP contribution >= 0.6 is 0 Å². The zero-order valence-corrected chi connectivity index (χ0v) is 15.5. The van der Waals surface area contributed by atoms with Gasteiger partial charge in [0.25, 0.3) is 0 Å². The Kier molecular flexibility index (Phi) is 12.9. The maximum atomic E-state index is 12.2. The van der Waals surface area contributed by atoms with Crippen molar-refractivity contribution in [2.45, 2.75) is 51.5 Å². The number of piperidine rings is 1. The third kappa shape index (κ3) is 8.91. The van der Waals surface area contributed by atoms with Crippen LogP contribution in [-0.2, 0) is 14.3 Å². The summed E-state index contributed by atoms with van der Waals surface area (Å²) in [5.41, 5.74) is 0. The smallest absolute Gasteiger partial charge is 0.406 e. The Morgan fingerprint density at radius 2 is 1.83 bits per heavy atom. The number of nitrogens with zero attached hydrogens (tertiary/aromatic N) is 1. The third-order valence-corrected chi connectivity index (χ3v) is 4.32. The predicted octanol–water partition coefficient (Wildman–Crippen LogP) is 2.98. The normalized spacial score (nSPS) is 20.6. The molecule has 6 nitrogen and oxygen atoms in total. The summed E-state index contributed by atoms with van der Waals surface area (Å²) in [4.78, 5) is 24.1. The minimum Gasteiger partial charge on any atom is -0.453 e. The molecule has 2 saturated heterocycles. The quantitative estimate of drug-likeness (QED) is 0.784. The Bertz CT molecular complexity index is 351. The average molecular weight is 342 g/mol. The predicted molar refractivity (Wildman–Crippen MR) is 95.9 cm³/mol. The maximum absolute atomic E-state index is 12.2. The first-order valence-electron chi connectivity index (χ1n) is 8.71. The lowest BCUT2D eigenvalue weighted by Crippen LogP contribution is -2.42. The largest absolute Gasteiger partial charge is 0.453 e. The summed E-state index contributed by atoms with van der Waals surface area (Å²) >= 11 is 0. The van der Waals surface area contributed by atoms with Gasteiger partial charge in [-0.2, -0.15) is 0 Å². The zero-order valence-electron chi connectivity index (χ0n) is 15.5. The molecule has 2 rings (SSSR count). The number of carbonyl (C=O) groups is 2. The summed E-state index contributed by atoms with van der Waals surface area (Å²) in [6.45, 7) is 10.8. The summed E-state index contributed by atoms with van der Waals surface area (Å²) in [5.74, 6) is 0.939. The Labute approximate surface area is 146 Å². The van der Waals surface area contributed by atoms with Gasteiger partial charge >= 0.3 is 6.09 Å². The number of hydrogen-bond donors (Lipinski definition) is 1. The van der Waals surface area contributed by atoms with Crippen molar-refractivity contribution in [3.05, 3.63) is 13.2 Å². The highest BCUT2D eigenvalue weighted by atomic mass is 16.5. The molecular formula is C18H34N2O4. The van der Waals surface area contributed by atoms with E-state index in [0.29, 0.717) is 17.9 Å². The van der Waals surface area contributed by atoms with Gasteiger partial charge in [-0.3, -0.25) is 4.79 Å². The summed E-state index contributed by atoms with van der Waals surface area (Å²) in [5, 5.41) is 2.25. The van der Waals surface area contributed by atoms with Crippen molar-refractivity contribution in [3.8, 4) is 0 Å². The summed E-state index contributed by atoms with van der Waals surface area (Å²) in [6.07, 6.45) is 6.11. The molecule has 24 heavy (non-hydrogen) atoms. The van der Waals surface area contributed by atoms with E-state index in [0.717, 1.165) is 39.0 Å². The van der Waals surface area contributed by atoms with E-state index in [1.807, 2.05) is 0 Å². The van der Waals surface area contributed by atoms with Crippen molar-refractivity contribution >= 4 is 12.0 Å². The first-order valence-corrected chi connectivity index (χ1v) is 8.71. The first kappa shape index (κ1) is 22.4. The summed E-state index contributed by atoms with van der Waals surface area (Å²) in [7, 11) is 2.82. The van der Waals surface area contributed by atoms with Gasteiger partial charge in [-0.15, -0.1) is 13.2 Å². The molecule has 140 valence electrons. The molecule has 0 saturated carbocycles. The van der Waals surface area contributed by atoms with Gasteiger partial charge < -0.3 is 19.7 Å². The molecule has 0 aromatic heterocycles. The molecule has 0 spiro atoms. The van der Waals surface area contributed by atoms with Gasteiger partial charge in [0.05, 0.1) is 7.11 Å². The van der Waals surface area contributed by atoms with Crippen LogP contribution in [0.3, 0.4) is 0 Å². The molecule has 2 fully saturated rings. The molecule has 6 heteroatoms. The monoisotopic (exact) mass is 342 g/mol. The van der Waals surface area contributed by atoms with Crippen LogP contribution in [0.2, 0.25) is 0 Å². The molecule has 0 radical (unpaired) electrons. The van der Waals surface area contributed by atoms with E-state index in [2.05, 4.69) is 35.0 Å². The van der Waals surface area contributed by atoms with E-state index in [1.54, 1.807) is 0 Å². The highest BCUT2D eigenvalue weighted by Gasteiger charge is 2.26. The number of ether oxygens (including phenoxy) is 2. The average Bonchev–Trinajstić information content (AvgIpc) is 2.64. The molecule has 0 aliphatic carbocycles. The topological polar surface area (TPSA) is 67.9 Å². The minimum atomic E-state index is -0.407. The van der Waals surface area contributed by atoms with Gasteiger partial charge in [-0.1, -0.05) is 0 Å². The fourth-order valence-electron chi connectivity index (χ4n) is 2.89. The summed E-state index contributed by atoms with van der Waals surface area (Å²) in [6, 6.07) is 0.459. The fraction of sp³-hybridized carbons (Fsp3) is 0.778. The molecule has 0 bridgehead atoms. The van der Waals surface area contributed by atoms with Gasteiger partial charge in [-0.25, -0.2) is 4.79 Å². The van der Waals surface area contributed by atoms with Crippen LogP contribution in [0, 0.1) is 5.92 Å². The van der Waals surface area contributed by atoms with Crippen molar-refractivity contribution in [2.24, 2.45) is 5.92 Å². The Hall–Kier alpha value is -1.56. The Morgan fingerprint density at radius 3 is 2.29 bits per heavy atom. The second kappa shape index (κ2) is 13.8. The second-order valence-corrected chi connectivity index (χ2v) is 5.93. The van der Waals surface area contributed by atoms with Gasteiger partial charge in [0, 0.05) is 39.3 Å². The highest BCUT2D eigenvalue weighted by molar-refractivity contribution is 5.76. The Morgan fingerprint density at radius 1 is 1.21 bits per heavy atom. The lowest BCUT2D eigenvalue weighted by Gasteiger charge is -2.35. The number of methoxy groups -OCH3 is 1. The number of alkyl carbamates (subject to hydrolysis) is 1. The number of amides is 2. The summed E-state index contributed by atoms with van der Waals surface area (Å²) < 4.78 is 9.47. The molecule has 0 aromatic carbocycles. The molecular weight excluding hydrogens is 308 g/mol. The first-order chi connectivity index (χ1) is 11.6. The van der Waals surface area contributed by atoms with Crippen molar-refractivity contribution in [3.63, 3.8) is 0 Å². The van der Waals surface area contributed by atoms with E-state index >= 15 is 0 Å². The van der Waals surface area contributed by atoms with Crippen molar-refractivity contribution in [2.75, 3.05) is 33.9 Å². The van der Waals surface area contributed by atoms with Crippen LogP contribution in [0.15, 0.2) is 13.2 Å². The van der Waals surface area contributed by atoms with Gasteiger partial charge in [0.1, 0.15) is 0 Å². The molecule has 1 N–H and O–H groups in total. The van der Waals surface area contributed by atoms with Gasteiger partial charge in [0.15, 0.2) is 0 Å². The maximum Gasteiger partial charge on any atom is 0.406 e. The van der Waals surface area contributed by atoms with Crippen LogP contribution < -0.4 is 5.32 Å². The van der Waals surface area contributed by atoms with E-state index < -0.39 is 6.09 Å². The number of rotatable bonds is 2. The van der Waals surface area contributed by atoms with E-state index in [-0.39, 0.29) is 0 Å².